The van der Waals surface area contributed by atoms with Gasteiger partial charge in [0.25, 0.3) is 5.91 Å². The summed E-state index contributed by atoms with van der Waals surface area (Å²) in [4.78, 5) is 23.3. The molecular weight excluding hydrogens is 503 g/mol. The predicted molar refractivity (Wildman–Crippen MR) is 147 cm³/mol. The number of benzene rings is 2. The van der Waals surface area contributed by atoms with Crippen LogP contribution in [0.5, 0.6) is 0 Å². The van der Waals surface area contributed by atoms with Gasteiger partial charge >= 0.3 is 0 Å². The number of aryl methyl sites for hydroxylation is 1. The Balaban J connectivity index is 1.46. The number of aromatic nitrogens is 1. The van der Waals surface area contributed by atoms with Gasteiger partial charge in [0, 0.05) is 51.5 Å². The Morgan fingerprint density at radius 3 is 2.43 bits per heavy atom. The zero-order chi connectivity index (χ0) is 24.9. The smallest absolute Gasteiger partial charge is 0.258 e. The third-order valence-electron chi connectivity index (χ3n) is 6.13. The second-order valence-electron chi connectivity index (χ2n) is 8.56. The molecule has 1 aliphatic rings. The highest BCUT2D eigenvalue weighted by atomic mass is 35.5. The van der Waals surface area contributed by atoms with Gasteiger partial charge in [-0.15, -0.1) is 0 Å². The van der Waals surface area contributed by atoms with E-state index in [9.17, 15) is 4.79 Å². The van der Waals surface area contributed by atoms with Crippen LogP contribution < -0.4 is 9.80 Å². The molecule has 5 nitrogen and oxygen atoms in total. The first-order valence-electron chi connectivity index (χ1n) is 11.4. The Morgan fingerprint density at radius 2 is 1.74 bits per heavy atom. The SMILES string of the molecule is Cc1ccc(/C=C/CN2CCN(c3c(N(C)C(=O)c4ccnc(Cl)c4)ccc(Cl)c3Cl)CC2)cc1. The molecule has 1 aromatic heterocycles. The summed E-state index contributed by atoms with van der Waals surface area (Å²) in [6, 6.07) is 15.3. The van der Waals surface area contributed by atoms with E-state index in [2.05, 4.69) is 58.1 Å². The number of hydrogen-bond donors (Lipinski definition) is 0. The van der Waals surface area contributed by atoms with Crippen LogP contribution in [0.1, 0.15) is 21.5 Å². The van der Waals surface area contributed by atoms with Gasteiger partial charge < -0.3 is 9.80 Å². The maximum atomic E-state index is 13.2. The van der Waals surface area contributed by atoms with Crippen LogP contribution in [-0.4, -0.2) is 55.6 Å². The zero-order valence-corrected chi connectivity index (χ0v) is 22.0. The minimum absolute atomic E-state index is 0.200. The first-order valence-corrected chi connectivity index (χ1v) is 12.5. The molecule has 0 N–H and O–H groups in total. The third-order valence-corrected chi connectivity index (χ3v) is 7.13. The van der Waals surface area contributed by atoms with E-state index in [0.717, 1.165) is 38.4 Å². The van der Waals surface area contributed by atoms with E-state index in [-0.39, 0.29) is 11.1 Å². The lowest BCUT2D eigenvalue weighted by Gasteiger charge is -2.38. The zero-order valence-electron chi connectivity index (χ0n) is 19.7. The minimum atomic E-state index is -0.200. The summed E-state index contributed by atoms with van der Waals surface area (Å²) >= 11 is 19.1. The second-order valence-corrected chi connectivity index (χ2v) is 9.73. The number of nitrogens with zero attached hydrogens (tertiary/aromatic N) is 4. The van der Waals surface area contributed by atoms with Crippen molar-refractivity contribution < 1.29 is 4.79 Å². The molecule has 3 aromatic rings. The number of pyridine rings is 1. The molecular formula is C27H27Cl3N4O. The van der Waals surface area contributed by atoms with Crippen LogP contribution in [0.2, 0.25) is 15.2 Å². The summed E-state index contributed by atoms with van der Waals surface area (Å²) in [6.07, 6.45) is 5.87. The summed E-state index contributed by atoms with van der Waals surface area (Å²) in [7, 11) is 1.73. The van der Waals surface area contributed by atoms with Gasteiger partial charge in [-0.05, 0) is 36.8 Å². The summed E-state index contributed by atoms with van der Waals surface area (Å²) in [5, 5.41) is 1.18. The van der Waals surface area contributed by atoms with Crippen LogP contribution in [0.3, 0.4) is 0 Å². The average molecular weight is 530 g/mol. The molecule has 0 saturated carbocycles. The molecule has 0 radical (unpaired) electrons. The Hall–Kier alpha value is -2.57. The fourth-order valence-corrected chi connectivity index (χ4v) is 4.71. The van der Waals surface area contributed by atoms with E-state index in [1.165, 1.54) is 17.3 Å². The minimum Gasteiger partial charge on any atom is -0.366 e. The first-order chi connectivity index (χ1) is 16.8. The van der Waals surface area contributed by atoms with Crippen molar-refractivity contribution in [1.29, 1.82) is 0 Å². The molecule has 2 aromatic carbocycles. The first kappa shape index (κ1) is 25.5. The van der Waals surface area contributed by atoms with Crippen molar-refractivity contribution in [2.24, 2.45) is 0 Å². The van der Waals surface area contributed by atoms with E-state index in [1.54, 1.807) is 30.1 Å². The number of piperazine rings is 1. The van der Waals surface area contributed by atoms with Crippen LogP contribution in [-0.2, 0) is 0 Å². The van der Waals surface area contributed by atoms with Gasteiger partial charge in [-0.3, -0.25) is 9.69 Å². The Bertz CT molecular complexity index is 1220. The molecule has 1 fully saturated rings. The number of rotatable bonds is 6. The quantitative estimate of drug-likeness (QED) is 0.344. The highest BCUT2D eigenvalue weighted by molar-refractivity contribution is 6.44. The van der Waals surface area contributed by atoms with Crippen molar-refractivity contribution in [3.8, 4) is 0 Å². The fraction of sp³-hybridized carbons (Fsp3) is 0.259. The molecule has 4 rings (SSSR count). The molecule has 1 amide bonds. The lowest BCUT2D eigenvalue weighted by molar-refractivity contribution is 0.0993. The van der Waals surface area contributed by atoms with Gasteiger partial charge in [-0.1, -0.05) is 76.8 Å². The molecule has 2 heterocycles. The van der Waals surface area contributed by atoms with Crippen molar-refractivity contribution in [2.75, 3.05) is 49.6 Å². The summed E-state index contributed by atoms with van der Waals surface area (Å²) in [6.45, 7) is 6.26. The maximum absolute atomic E-state index is 13.2. The van der Waals surface area contributed by atoms with Crippen LogP contribution in [0, 0.1) is 6.92 Å². The largest absolute Gasteiger partial charge is 0.366 e. The molecule has 1 saturated heterocycles. The lowest BCUT2D eigenvalue weighted by Crippen LogP contribution is -2.47. The molecule has 0 unspecified atom stereocenters. The molecule has 35 heavy (non-hydrogen) atoms. The number of halogens is 3. The van der Waals surface area contributed by atoms with E-state index >= 15 is 0 Å². The monoisotopic (exact) mass is 528 g/mol. The van der Waals surface area contributed by atoms with E-state index < -0.39 is 0 Å². The Morgan fingerprint density at radius 1 is 1.03 bits per heavy atom. The Labute approximate surface area is 221 Å². The van der Waals surface area contributed by atoms with Crippen LogP contribution in [0.4, 0.5) is 11.4 Å². The number of carbonyl (C=O) groups is 1. The fourth-order valence-electron chi connectivity index (χ4n) is 4.11. The molecule has 1 aliphatic heterocycles. The van der Waals surface area contributed by atoms with Crippen LogP contribution in [0.15, 0.2) is 60.8 Å². The van der Waals surface area contributed by atoms with Gasteiger partial charge in [0.05, 0.1) is 21.4 Å². The van der Waals surface area contributed by atoms with E-state index in [0.29, 0.717) is 21.3 Å². The molecule has 0 spiro atoms. The molecule has 0 atom stereocenters. The summed E-state index contributed by atoms with van der Waals surface area (Å²) < 4.78 is 0. The van der Waals surface area contributed by atoms with Crippen LogP contribution >= 0.6 is 34.8 Å². The van der Waals surface area contributed by atoms with Crippen molar-refractivity contribution in [3.63, 3.8) is 0 Å². The number of amides is 1. The van der Waals surface area contributed by atoms with Gasteiger partial charge in [-0.2, -0.15) is 0 Å². The summed E-state index contributed by atoms with van der Waals surface area (Å²) in [5.41, 5.74) is 4.38. The van der Waals surface area contributed by atoms with Gasteiger partial charge in [0.15, 0.2) is 0 Å². The second kappa shape index (κ2) is 11.4. The predicted octanol–water partition coefficient (Wildman–Crippen LogP) is 6.46. The van der Waals surface area contributed by atoms with Crippen LogP contribution in [0.25, 0.3) is 6.08 Å². The van der Waals surface area contributed by atoms with Crippen molar-refractivity contribution >= 4 is 58.2 Å². The Kier molecular flexibility index (Phi) is 8.34. The highest BCUT2D eigenvalue weighted by Crippen LogP contribution is 2.41. The van der Waals surface area contributed by atoms with Gasteiger partial charge in [0.2, 0.25) is 0 Å². The highest BCUT2D eigenvalue weighted by Gasteiger charge is 2.26. The normalized spacial score (nSPS) is 14.5. The standard InChI is InChI=1S/C27H27Cl3N4O/c1-19-5-7-20(8-6-19)4-3-13-33-14-16-34(17-15-33)26-23(10-9-22(28)25(26)30)32(2)27(35)21-11-12-31-24(29)18-21/h3-12,18H,13-17H2,1-2H3/b4-3+. The maximum Gasteiger partial charge on any atom is 0.258 e. The van der Waals surface area contributed by atoms with E-state index in [4.69, 9.17) is 34.8 Å². The third kappa shape index (κ3) is 6.17. The molecule has 8 heteroatoms. The lowest BCUT2D eigenvalue weighted by atomic mass is 10.1. The van der Waals surface area contributed by atoms with Crippen molar-refractivity contribution in [1.82, 2.24) is 9.88 Å². The van der Waals surface area contributed by atoms with Gasteiger partial charge in [-0.25, -0.2) is 4.98 Å². The van der Waals surface area contributed by atoms with E-state index in [1.807, 2.05) is 6.07 Å². The number of hydrogen-bond acceptors (Lipinski definition) is 4. The van der Waals surface area contributed by atoms with Gasteiger partial charge in [0.1, 0.15) is 5.15 Å². The van der Waals surface area contributed by atoms with Crippen molar-refractivity contribution in [3.05, 3.63) is 92.7 Å². The molecule has 0 bridgehead atoms. The molecule has 182 valence electrons. The number of anilines is 2. The van der Waals surface area contributed by atoms with Crippen molar-refractivity contribution in [2.45, 2.75) is 6.92 Å². The number of carbonyl (C=O) groups excluding carboxylic acids is 1. The molecule has 0 aliphatic carbocycles. The average Bonchev–Trinajstić information content (AvgIpc) is 2.86. The summed E-state index contributed by atoms with van der Waals surface area (Å²) in [5.74, 6) is -0.200. The topological polar surface area (TPSA) is 39.7 Å².